The predicted octanol–water partition coefficient (Wildman–Crippen LogP) is 3.15. The van der Waals surface area contributed by atoms with Gasteiger partial charge in [0.2, 0.25) is 12.4 Å². The van der Waals surface area contributed by atoms with Crippen LogP contribution < -0.4 is 25.9 Å². The zero-order valence-electron chi connectivity index (χ0n) is 22.6. The van der Waals surface area contributed by atoms with E-state index in [0.29, 0.717) is 12.5 Å². The van der Waals surface area contributed by atoms with E-state index in [-0.39, 0.29) is 47.1 Å². The van der Waals surface area contributed by atoms with Crippen LogP contribution in [-0.4, -0.2) is 70.3 Å². The van der Waals surface area contributed by atoms with Gasteiger partial charge in [-0.05, 0) is 52.1 Å². The van der Waals surface area contributed by atoms with Crippen molar-refractivity contribution in [1.82, 2.24) is 20.4 Å². The summed E-state index contributed by atoms with van der Waals surface area (Å²) in [6.07, 6.45) is 9.22. The van der Waals surface area contributed by atoms with Gasteiger partial charge in [-0.15, -0.1) is 6.42 Å². The Morgan fingerprint density at radius 1 is 1.40 bits per heavy atom. The Morgan fingerprint density at radius 3 is 2.92 bits per heavy atom. The Hall–Kier alpha value is -4.09. The van der Waals surface area contributed by atoms with Gasteiger partial charge in [0, 0.05) is 23.7 Å². The molecular formula is C26H33F2N9O3. The van der Waals surface area contributed by atoms with E-state index in [2.05, 4.69) is 61.1 Å². The van der Waals surface area contributed by atoms with Crippen LogP contribution in [-0.2, 0) is 4.79 Å². The van der Waals surface area contributed by atoms with Crippen molar-refractivity contribution < 1.29 is 23.4 Å². The molecule has 0 radical (unpaired) electrons. The fraction of sp³-hybridized carbons (Fsp3) is 0.500. The first-order valence-corrected chi connectivity index (χ1v) is 12.9. The Kier molecular flexibility index (Phi) is 8.96. The Morgan fingerprint density at radius 2 is 2.20 bits per heavy atom. The number of fused-ring (bicyclic) bond motifs is 1. The molecule has 2 fully saturated rings. The molecule has 3 atom stereocenters. The molecule has 4 N–H and O–H groups in total. The number of hydrazine groups is 1. The lowest BCUT2D eigenvalue weighted by Gasteiger charge is -2.47. The second-order valence-corrected chi connectivity index (χ2v) is 10.3. The van der Waals surface area contributed by atoms with E-state index in [9.17, 15) is 14.3 Å². The summed E-state index contributed by atoms with van der Waals surface area (Å²) < 4.78 is 35.3. The molecule has 3 unspecified atom stereocenters. The highest BCUT2D eigenvalue weighted by molar-refractivity contribution is 5.80. The summed E-state index contributed by atoms with van der Waals surface area (Å²) in [5.41, 5.74) is 2.21. The Balaban J connectivity index is 1.58. The van der Waals surface area contributed by atoms with Crippen LogP contribution in [0.1, 0.15) is 39.5 Å². The van der Waals surface area contributed by atoms with Gasteiger partial charge >= 0.3 is 0 Å². The minimum Gasteiger partial charge on any atom is -0.487 e. The first-order chi connectivity index (χ1) is 19.1. The van der Waals surface area contributed by atoms with Gasteiger partial charge in [0.25, 0.3) is 0 Å². The molecule has 14 heteroatoms. The van der Waals surface area contributed by atoms with Crippen molar-refractivity contribution in [2.75, 3.05) is 35.8 Å². The molecule has 2 aliphatic heterocycles. The highest BCUT2D eigenvalue weighted by atomic mass is 19.1. The molecule has 214 valence electrons. The van der Waals surface area contributed by atoms with Crippen LogP contribution in [0, 0.1) is 24.0 Å². The largest absolute Gasteiger partial charge is 0.487 e. The SMILES string of the molecule is C#CC(O)COc1cc(F)c(Nc2ncc(F)c(NC3CC4CCCN4C(C)(C)C3)n2)cc1N(C=O)NN=NC. The standard InChI is InChI=1S/C26H33F2N9O3/c1-5-18(39)14-40-23-10-19(27)21(11-22(23)37(15-38)35-34-29-4)32-25-30-13-20(28)24(33-25)31-16-9-17-7-6-8-36(17)26(2,3)12-16/h1,10-11,13,15-18,39H,6-9,12,14H2,2-4H3,(H,29,35)(H2,30,31,32,33). The van der Waals surface area contributed by atoms with Gasteiger partial charge in [-0.25, -0.2) is 18.8 Å². The summed E-state index contributed by atoms with van der Waals surface area (Å²) >= 11 is 0. The molecular weight excluding hydrogens is 524 g/mol. The van der Waals surface area contributed by atoms with Crippen molar-refractivity contribution in [1.29, 1.82) is 0 Å². The fourth-order valence-corrected chi connectivity index (χ4v) is 5.35. The molecule has 2 saturated heterocycles. The summed E-state index contributed by atoms with van der Waals surface area (Å²) in [5, 5.41) is 23.6. The van der Waals surface area contributed by atoms with E-state index in [1.165, 1.54) is 13.1 Å². The van der Waals surface area contributed by atoms with Crippen LogP contribution in [0.2, 0.25) is 0 Å². The number of piperidine rings is 1. The summed E-state index contributed by atoms with van der Waals surface area (Å²) in [4.78, 5) is 22.5. The number of aromatic nitrogens is 2. The van der Waals surface area contributed by atoms with Gasteiger partial charge in [0.1, 0.15) is 24.1 Å². The van der Waals surface area contributed by atoms with Crippen molar-refractivity contribution >= 4 is 29.6 Å². The summed E-state index contributed by atoms with van der Waals surface area (Å²) in [5.74, 6) is 0.477. The number of terminal acetylenes is 1. The van der Waals surface area contributed by atoms with Crippen LogP contribution >= 0.6 is 0 Å². The summed E-state index contributed by atoms with van der Waals surface area (Å²) in [6.45, 7) is 5.11. The number of aliphatic hydroxyl groups excluding tert-OH is 1. The third-order valence-corrected chi connectivity index (χ3v) is 7.04. The van der Waals surface area contributed by atoms with Gasteiger partial charge in [-0.1, -0.05) is 11.1 Å². The van der Waals surface area contributed by atoms with Crippen LogP contribution in [0.15, 0.2) is 28.7 Å². The zero-order valence-corrected chi connectivity index (χ0v) is 22.6. The second kappa shape index (κ2) is 12.4. The van der Waals surface area contributed by atoms with Crippen molar-refractivity contribution in [2.24, 2.45) is 10.3 Å². The third-order valence-electron chi connectivity index (χ3n) is 7.04. The molecule has 1 amide bonds. The van der Waals surface area contributed by atoms with Crippen LogP contribution in [0.5, 0.6) is 5.75 Å². The van der Waals surface area contributed by atoms with E-state index >= 15 is 4.39 Å². The number of amides is 1. The molecule has 0 aliphatic carbocycles. The first kappa shape index (κ1) is 28.9. The van der Waals surface area contributed by atoms with E-state index in [1.807, 2.05) is 0 Å². The lowest BCUT2D eigenvalue weighted by atomic mass is 9.84. The monoisotopic (exact) mass is 557 g/mol. The number of hydrogen-bond acceptors (Lipinski definition) is 10. The minimum atomic E-state index is -1.26. The molecule has 2 aliphatic rings. The number of nitrogens with zero attached hydrogens (tertiary/aromatic N) is 6. The third kappa shape index (κ3) is 6.54. The van der Waals surface area contributed by atoms with Gasteiger partial charge in [-0.3, -0.25) is 9.69 Å². The van der Waals surface area contributed by atoms with Crippen molar-refractivity contribution in [3.63, 3.8) is 0 Å². The molecule has 40 heavy (non-hydrogen) atoms. The number of nitrogens with one attached hydrogen (secondary N) is 3. The van der Waals surface area contributed by atoms with Crippen molar-refractivity contribution in [3.05, 3.63) is 30.0 Å². The van der Waals surface area contributed by atoms with Crippen LogP contribution in [0.4, 0.5) is 31.9 Å². The molecule has 1 aromatic carbocycles. The van der Waals surface area contributed by atoms with E-state index in [1.54, 1.807) is 0 Å². The summed E-state index contributed by atoms with van der Waals surface area (Å²) in [7, 11) is 1.38. The van der Waals surface area contributed by atoms with Gasteiger partial charge < -0.3 is 20.5 Å². The average Bonchev–Trinajstić information content (AvgIpc) is 3.41. The minimum absolute atomic E-state index is 0.00434. The molecule has 0 bridgehead atoms. The highest BCUT2D eigenvalue weighted by Gasteiger charge is 2.43. The molecule has 1 aromatic heterocycles. The molecule has 4 rings (SSSR count). The lowest BCUT2D eigenvalue weighted by molar-refractivity contribution is -0.108. The molecule has 12 nitrogen and oxygen atoms in total. The number of ether oxygens (including phenoxy) is 1. The van der Waals surface area contributed by atoms with Crippen molar-refractivity contribution in [3.8, 4) is 18.1 Å². The van der Waals surface area contributed by atoms with Crippen LogP contribution in [0.25, 0.3) is 0 Å². The van der Waals surface area contributed by atoms with Gasteiger partial charge in [0.15, 0.2) is 17.5 Å². The zero-order chi connectivity index (χ0) is 28.9. The van der Waals surface area contributed by atoms with E-state index < -0.39 is 17.7 Å². The van der Waals surface area contributed by atoms with Crippen LogP contribution in [0.3, 0.4) is 0 Å². The molecule has 0 saturated carbocycles. The summed E-state index contributed by atoms with van der Waals surface area (Å²) in [6, 6.07) is 2.66. The number of benzene rings is 1. The highest BCUT2D eigenvalue weighted by Crippen LogP contribution is 2.39. The number of rotatable bonds is 11. The smallest absolute Gasteiger partial charge is 0.234 e. The number of anilines is 4. The van der Waals surface area contributed by atoms with Crippen molar-refractivity contribution in [2.45, 2.75) is 63.3 Å². The van der Waals surface area contributed by atoms with Gasteiger partial charge in [0.05, 0.1) is 18.9 Å². The maximum absolute atomic E-state index is 15.1. The number of carbonyl (C=O) groups excluding carboxylic acids is 1. The normalized spacial score (nSPS) is 20.8. The maximum Gasteiger partial charge on any atom is 0.234 e. The quantitative estimate of drug-likeness (QED) is 0.142. The van der Waals surface area contributed by atoms with Gasteiger partial charge in [-0.2, -0.15) is 15.6 Å². The Bertz CT molecular complexity index is 1290. The molecule has 3 heterocycles. The maximum atomic E-state index is 15.1. The number of hydrogen-bond donors (Lipinski definition) is 4. The number of carbonyl (C=O) groups is 1. The lowest BCUT2D eigenvalue weighted by Crippen LogP contribution is -2.55. The first-order valence-electron chi connectivity index (χ1n) is 12.9. The molecule has 0 spiro atoms. The Labute approximate surface area is 231 Å². The topological polar surface area (TPSA) is 140 Å². The number of aliphatic hydroxyl groups is 1. The second-order valence-electron chi connectivity index (χ2n) is 10.3. The number of halogens is 2. The van der Waals surface area contributed by atoms with E-state index in [4.69, 9.17) is 11.2 Å². The predicted molar refractivity (Wildman–Crippen MR) is 145 cm³/mol. The van der Waals surface area contributed by atoms with E-state index in [0.717, 1.165) is 49.5 Å². The average molecular weight is 558 g/mol. The fourth-order valence-electron chi connectivity index (χ4n) is 5.35. The molecule has 2 aromatic rings.